The van der Waals surface area contributed by atoms with Crippen LogP contribution in [0.1, 0.15) is 63.5 Å². The summed E-state index contributed by atoms with van der Waals surface area (Å²) in [6.45, 7) is 8.64. The first-order chi connectivity index (χ1) is 8.83. The quantitative estimate of drug-likeness (QED) is 0.872. The predicted molar refractivity (Wildman–Crippen MR) is 79.4 cm³/mol. The first-order valence-corrected chi connectivity index (χ1v) is 7.07. The van der Waals surface area contributed by atoms with Crippen LogP contribution in [0.3, 0.4) is 0 Å². The molecular formula is C16H24N2O. The van der Waals surface area contributed by atoms with Gasteiger partial charge >= 0.3 is 0 Å². The summed E-state index contributed by atoms with van der Waals surface area (Å²) in [6.07, 6.45) is 1.58. The maximum absolute atomic E-state index is 12.1. The molecule has 1 amide bonds. The third-order valence-electron chi connectivity index (χ3n) is 3.85. The number of rotatable bonds is 4. The van der Waals surface area contributed by atoms with E-state index in [2.05, 4.69) is 45.1 Å². The molecule has 0 spiro atoms. The third kappa shape index (κ3) is 2.98. The van der Waals surface area contributed by atoms with Crippen LogP contribution in [-0.2, 0) is 4.79 Å². The van der Waals surface area contributed by atoms with E-state index in [4.69, 9.17) is 5.73 Å². The van der Waals surface area contributed by atoms with E-state index in [0.29, 0.717) is 11.8 Å². The molecule has 0 bridgehead atoms. The van der Waals surface area contributed by atoms with E-state index in [1.165, 1.54) is 11.1 Å². The summed E-state index contributed by atoms with van der Waals surface area (Å²) in [5.74, 6) is 0.820. The van der Waals surface area contributed by atoms with Gasteiger partial charge in [-0.05, 0) is 41.9 Å². The highest BCUT2D eigenvalue weighted by atomic mass is 16.2. The lowest BCUT2D eigenvalue weighted by Gasteiger charge is -2.18. The van der Waals surface area contributed by atoms with Gasteiger partial charge in [0.15, 0.2) is 0 Å². The fraction of sp³-hybridized carbons (Fsp3) is 0.562. The molecule has 1 aromatic rings. The predicted octanol–water partition coefficient (Wildman–Crippen LogP) is 3.36. The molecule has 0 aromatic heterocycles. The minimum atomic E-state index is -0.620. The van der Waals surface area contributed by atoms with Gasteiger partial charge in [-0.3, -0.25) is 4.79 Å². The maximum atomic E-state index is 12.1. The second kappa shape index (κ2) is 4.97. The summed E-state index contributed by atoms with van der Waals surface area (Å²) in [5, 5.41) is 3.00. The molecule has 3 heteroatoms. The number of benzene rings is 1. The molecule has 3 nitrogen and oxygen atoms in total. The molecule has 0 atom stereocenters. The highest BCUT2D eigenvalue weighted by Crippen LogP contribution is 2.35. The van der Waals surface area contributed by atoms with Crippen LogP contribution >= 0.6 is 0 Å². The van der Waals surface area contributed by atoms with Crippen molar-refractivity contribution in [1.29, 1.82) is 0 Å². The Hall–Kier alpha value is -1.35. The first kappa shape index (κ1) is 14.1. The molecule has 0 heterocycles. The van der Waals surface area contributed by atoms with Crippen LogP contribution in [0.15, 0.2) is 18.2 Å². The summed E-state index contributed by atoms with van der Waals surface area (Å²) < 4.78 is 0. The summed E-state index contributed by atoms with van der Waals surface area (Å²) in [6, 6.07) is 6.29. The topological polar surface area (TPSA) is 55.1 Å². The van der Waals surface area contributed by atoms with Gasteiger partial charge in [-0.15, -0.1) is 0 Å². The Labute approximate surface area is 115 Å². The van der Waals surface area contributed by atoms with Crippen LogP contribution in [0.2, 0.25) is 0 Å². The molecule has 3 N–H and O–H groups in total. The van der Waals surface area contributed by atoms with Crippen molar-refractivity contribution in [3.05, 3.63) is 29.3 Å². The summed E-state index contributed by atoms with van der Waals surface area (Å²) >= 11 is 0. The van der Waals surface area contributed by atoms with Gasteiger partial charge < -0.3 is 11.1 Å². The first-order valence-electron chi connectivity index (χ1n) is 7.07. The zero-order chi connectivity index (χ0) is 14.2. The molecule has 0 radical (unpaired) electrons. The molecule has 2 rings (SSSR count). The van der Waals surface area contributed by atoms with E-state index in [-0.39, 0.29) is 5.91 Å². The minimum Gasteiger partial charge on any atom is -0.324 e. The number of nitrogens with one attached hydrogen (secondary N) is 1. The highest BCUT2D eigenvalue weighted by Gasteiger charge is 2.46. The lowest BCUT2D eigenvalue weighted by molar-refractivity contribution is -0.118. The number of hydrogen-bond donors (Lipinski definition) is 2. The Morgan fingerprint density at radius 2 is 1.84 bits per heavy atom. The number of carbonyl (C=O) groups is 1. The van der Waals surface area contributed by atoms with Crippen LogP contribution in [0, 0.1) is 0 Å². The summed E-state index contributed by atoms with van der Waals surface area (Å²) in [4.78, 5) is 12.1. The second-order valence-corrected chi connectivity index (χ2v) is 6.27. The number of nitrogens with two attached hydrogens (primary N) is 1. The van der Waals surface area contributed by atoms with Gasteiger partial charge in [-0.1, -0.05) is 39.8 Å². The van der Waals surface area contributed by atoms with Crippen molar-refractivity contribution >= 4 is 11.6 Å². The summed E-state index contributed by atoms with van der Waals surface area (Å²) in [5.41, 5.74) is 8.70. The van der Waals surface area contributed by atoms with Crippen molar-refractivity contribution in [2.45, 2.75) is 57.9 Å². The number of hydrogen-bond acceptors (Lipinski definition) is 2. The molecule has 1 fully saturated rings. The van der Waals surface area contributed by atoms with Crippen LogP contribution < -0.4 is 11.1 Å². The van der Waals surface area contributed by atoms with E-state index in [1.54, 1.807) is 0 Å². The van der Waals surface area contributed by atoms with Crippen molar-refractivity contribution in [3.63, 3.8) is 0 Å². The van der Waals surface area contributed by atoms with E-state index in [9.17, 15) is 4.79 Å². The van der Waals surface area contributed by atoms with Crippen LogP contribution in [-0.4, -0.2) is 11.4 Å². The van der Waals surface area contributed by atoms with Crippen molar-refractivity contribution < 1.29 is 4.79 Å². The van der Waals surface area contributed by atoms with E-state index in [0.717, 1.165) is 18.5 Å². The Morgan fingerprint density at radius 1 is 1.21 bits per heavy atom. The van der Waals surface area contributed by atoms with Crippen molar-refractivity contribution in [2.75, 3.05) is 5.32 Å². The fourth-order valence-corrected chi connectivity index (χ4v) is 2.14. The molecule has 0 saturated heterocycles. The van der Waals surface area contributed by atoms with E-state index < -0.39 is 5.54 Å². The van der Waals surface area contributed by atoms with Crippen LogP contribution in [0.25, 0.3) is 0 Å². The van der Waals surface area contributed by atoms with E-state index in [1.807, 2.05) is 6.07 Å². The molecular weight excluding hydrogens is 236 g/mol. The largest absolute Gasteiger partial charge is 0.324 e. The maximum Gasteiger partial charge on any atom is 0.244 e. The molecule has 104 valence electrons. The van der Waals surface area contributed by atoms with Gasteiger partial charge in [-0.2, -0.15) is 0 Å². The average Bonchev–Trinajstić information content (AvgIpc) is 3.08. The van der Waals surface area contributed by atoms with Gasteiger partial charge in [0.25, 0.3) is 0 Å². The number of amides is 1. The molecule has 1 saturated carbocycles. The standard InChI is InChI=1S/C16H24N2O/c1-10(2)12-5-6-14(13(9-12)11(3)4)18-15(19)16(17)7-8-16/h5-6,9-11H,7-8,17H2,1-4H3,(H,18,19). The Bertz CT molecular complexity index is 488. The molecule has 0 aliphatic heterocycles. The van der Waals surface area contributed by atoms with Gasteiger partial charge in [0.1, 0.15) is 0 Å². The second-order valence-electron chi connectivity index (χ2n) is 6.27. The van der Waals surface area contributed by atoms with Crippen molar-refractivity contribution in [1.82, 2.24) is 0 Å². The van der Waals surface area contributed by atoms with Crippen molar-refractivity contribution in [3.8, 4) is 0 Å². The zero-order valence-corrected chi connectivity index (χ0v) is 12.3. The highest BCUT2D eigenvalue weighted by molar-refractivity contribution is 6.00. The molecule has 19 heavy (non-hydrogen) atoms. The zero-order valence-electron chi connectivity index (χ0n) is 12.3. The van der Waals surface area contributed by atoms with Crippen molar-refractivity contribution in [2.24, 2.45) is 5.73 Å². The molecule has 1 aromatic carbocycles. The Morgan fingerprint density at radius 3 is 2.32 bits per heavy atom. The van der Waals surface area contributed by atoms with Crippen LogP contribution in [0.5, 0.6) is 0 Å². The smallest absolute Gasteiger partial charge is 0.244 e. The lowest BCUT2D eigenvalue weighted by atomic mass is 9.94. The molecule has 0 unspecified atom stereocenters. The molecule has 1 aliphatic rings. The lowest BCUT2D eigenvalue weighted by Crippen LogP contribution is -2.38. The van der Waals surface area contributed by atoms with E-state index >= 15 is 0 Å². The summed E-state index contributed by atoms with van der Waals surface area (Å²) in [7, 11) is 0. The molecule has 1 aliphatic carbocycles. The minimum absolute atomic E-state index is 0.0494. The van der Waals surface area contributed by atoms with Gasteiger partial charge in [-0.25, -0.2) is 0 Å². The average molecular weight is 260 g/mol. The SMILES string of the molecule is CC(C)c1ccc(NC(=O)C2(N)CC2)c(C(C)C)c1. The monoisotopic (exact) mass is 260 g/mol. The fourth-order valence-electron chi connectivity index (χ4n) is 2.14. The third-order valence-corrected chi connectivity index (χ3v) is 3.85. The van der Waals surface area contributed by atoms with Crippen LogP contribution in [0.4, 0.5) is 5.69 Å². The van der Waals surface area contributed by atoms with Gasteiger partial charge in [0.05, 0.1) is 5.54 Å². The Balaban J connectivity index is 2.26. The number of carbonyl (C=O) groups excluding carboxylic acids is 1. The van der Waals surface area contributed by atoms with Gasteiger partial charge in [0, 0.05) is 5.69 Å². The Kier molecular flexibility index (Phi) is 3.68. The normalized spacial score (nSPS) is 16.8. The number of anilines is 1. The van der Waals surface area contributed by atoms with Gasteiger partial charge in [0.2, 0.25) is 5.91 Å².